The third kappa shape index (κ3) is 2.43. The van der Waals surface area contributed by atoms with E-state index in [4.69, 9.17) is 0 Å². The molecule has 0 bridgehead atoms. The summed E-state index contributed by atoms with van der Waals surface area (Å²) in [5, 5.41) is 2.52. The van der Waals surface area contributed by atoms with Crippen LogP contribution in [0.4, 0.5) is 0 Å². The van der Waals surface area contributed by atoms with E-state index in [-0.39, 0.29) is 0 Å². The first-order valence-electron chi connectivity index (χ1n) is 6.76. The van der Waals surface area contributed by atoms with E-state index in [1.54, 1.807) is 6.20 Å². The van der Waals surface area contributed by atoms with E-state index in [1.807, 2.05) is 6.07 Å². The lowest BCUT2D eigenvalue weighted by molar-refractivity contribution is 1.04. The molecule has 0 saturated carbocycles. The highest BCUT2D eigenvalue weighted by Gasteiger charge is 2.06. The van der Waals surface area contributed by atoms with Crippen molar-refractivity contribution < 1.29 is 0 Å². The van der Waals surface area contributed by atoms with Gasteiger partial charge in [-0.1, -0.05) is 42.5 Å². The minimum absolute atomic E-state index is 0.758. The summed E-state index contributed by atoms with van der Waals surface area (Å²) in [5.74, 6) is 0.936. The van der Waals surface area contributed by atoms with Crippen molar-refractivity contribution in [3.63, 3.8) is 0 Å². The topological polar surface area (TPSA) is 41.6 Å². The summed E-state index contributed by atoms with van der Waals surface area (Å²) >= 11 is 3.43. The van der Waals surface area contributed by atoms with Crippen LogP contribution in [-0.4, -0.2) is 15.0 Å². The molecule has 4 heteroatoms. The number of hydrogen-bond acceptors (Lipinski definition) is 2. The molecule has 0 saturated heterocycles. The normalized spacial score (nSPS) is 11.3. The Kier molecular flexibility index (Phi) is 2.97. The standard InChI is InChI=1S/C17H12BrN3/c18-14-9-15-17(19-10-14)21-16(20-15)8-11-5-6-12-3-1-2-4-13(12)7-11/h1-7,9-10H,8H2,(H,19,20,21). The first-order chi connectivity index (χ1) is 10.3. The Labute approximate surface area is 130 Å². The number of nitrogens with zero attached hydrogens (tertiary/aromatic N) is 2. The lowest BCUT2D eigenvalue weighted by Gasteiger charge is -2.01. The van der Waals surface area contributed by atoms with Gasteiger partial charge in [0, 0.05) is 17.1 Å². The van der Waals surface area contributed by atoms with Gasteiger partial charge in [-0.15, -0.1) is 0 Å². The highest BCUT2D eigenvalue weighted by molar-refractivity contribution is 9.10. The Morgan fingerprint density at radius 3 is 2.76 bits per heavy atom. The van der Waals surface area contributed by atoms with Gasteiger partial charge in [0.1, 0.15) is 5.82 Å². The number of rotatable bonds is 2. The number of H-pyrrole nitrogens is 1. The summed E-state index contributed by atoms with van der Waals surface area (Å²) in [6.45, 7) is 0. The van der Waals surface area contributed by atoms with Gasteiger partial charge in [-0.05, 0) is 38.3 Å². The molecule has 21 heavy (non-hydrogen) atoms. The predicted octanol–water partition coefficient (Wildman–Crippen LogP) is 4.46. The second-order valence-electron chi connectivity index (χ2n) is 5.07. The van der Waals surface area contributed by atoms with E-state index in [1.165, 1.54) is 16.3 Å². The second-order valence-corrected chi connectivity index (χ2v) is 5.98. The number of imidazole rings is 1. The van der Waals surface area contributed by atoms with E-state index < -0.39 is 0 Å². The lowest BCUT2D eigenvalue weighted by atomic mass is 10.1. The molecule has 0 aliphatic heterocycles. The fourth-order valence-electron chi connectivity index (χ4n) is 2.55. The van der Waals surface area contributed by atoms with Gasteiger partial charge in [-0.3, -0.25) is 0 Å². The summed E-state index contributed by atoms with van der Waals surface area (Å²) in [6.07, 6.45) is 2.54. The molecule has 0 atom stereocenters. The van der Waals surface area contributed by atoms with Crippen LogP contribution in [0.1, 0.15) is 11.4 Å². The zero-order valence-corrected chi connectivity index (χ0v) is 12.8. The van der Waals surface area contributed by atoms with E-state index in [0.29, 0.717) is 0 Å². The zero-order chi connectivity index (χ0) is 14.2. The Morgan fingerprint density at radius 2 is 1.86 bits per heavy atom. The molecule has 3 nitrogen and oxygen atoms in total. The van der Waals surface area contributed by atoms with Crippen LogP contribution in [0.2, 0.25) is 0 Å². The molecule has 0 spiro atoms. The molecule has 2 aromatic carbocycles. The predicted molar refractivity (Wildman–Crippen MR) is 88.3 cm³/mol. The molecular weight excluding hydrogens is 326 g/mol. The maximum atomic E-state index is 4.54. The third-order valence-electron chi connectivity index (χ3n) is 3.54. The molecular formula is C17H12BrN3. The van der Waals surface area contributed by atoms with Crippen molar-refractivity contribution in [2.75, 3.05) is 0 Å². The monoisotopic (exact) mass is 337 g/mol. The summed E-state index contributed by atoms with van der Waals surface area (Å²) < 4.78 is 0.955. The average Bonchev–Trinajstić information content (AvgIpc) is 2.88. The molecule has 0 unspecified atom stereocenters. The molecule has 102 valence electrons. The number of aromatic nitrogens is 3. The maximum absolute atomic E-state index is 4.54. The van der Waals surface area contributed by atoms with Crippen LogP contribution in [0.25, 0.3) is 21.9 Å². The van der Waals surface area contributed by atoms with Gasteiger partial charge >= 0.3 is 0 Å². The van der Waals surface area contributed by atoms with Gasteiger partial charge in [0.05, 0.1) is 5.52 Å². The summed E-state index contributed by atoms with van der Waals surface area (Å²) in [4.78, 5) is 12.2. The maximum Gasteiger partial charge on any atom is 0.177 e. The van der Waals surface area contributed by atoms with Crippen molar-refractivity contribution in [3.05, 3.63) is 70.6 Å². The van der Waals surface area contributed by atoms with Gasteiger partial charge in [-0.25, -0.2) is 9.97 Å². The molecule has 0 aliphatic rings. The molecule has 4 aromatic rings. The third-order valence-corrected chi connectivity index (χ3v) is 3.97. The highest BCUT2D eigenvalue weighted by atomic mass is 79.9. The van der Waals surface area contributed by atoms with Gasteiger partial charge in [0.25, 0.3) is 0 Å². The van der Waals surface area contributed by atoms with Crippen molar-refractivity contribution in [2.24, 2.45) is 0 Å². The van der Waals surface area contributed by atoms with Gasteiger partial charge < -0.3 is 4.98 Å². The second kappa shape index (κ2) is 4.97. The molecule has 0 radical (unpaired) electrons. The van der Waals surface area contributed by atoms with E-state index in [9.17, 15) is 0 Å². The molecule has 2 heterocycles. The summed E-state index contributed by atoms with van der Waals surface area (Å²) in [5.41, 5.74) is 2.96. The zero-order valence-electron chi connectivity index (χ0n) is 11.2. The van der Waals surface area contributed by atoms with Crippen LogP contribution in [0.5, 0.6) is 0 Å². The van der Waals surface area contributed by atoms with Gasteiger partial charge in [0.2, 0.25) is 0 Å². The number of aromatic amines is 1. The smallest absolute Gasteiger partial charge is 0.177 e. The number of halogens is 1. The van der Waals surface area contributed by atoms with Crippen molar-refractivity contribution in [2.45, 2.75) is 6.42 Å². The molecule has 0 fully saturated rings. The van der Waals surface area contributed by atoms with Crippen LogP contribution in [0.3, 0.4) is 0 Å². The number of pyridine rings is 1. The molecule has 0 amide bonds. The number of hydrogen-bond donors (Lipinski definition) is 1. The number of nitrogens with one attached hydrogen (secondary N) is 1. The van der Waals surface area contributed by atoms with Crippen molar-refractivity contribution in [3.8, 4) is 0 Å². The fourth-order valence-corrected chi connectivity index (χ4v) is 2.88. The average molecular weight is 338 g/mol. The van der Waals surface area contributed by atoms with Crippen molar-refractivity contribution >= 4 is 37.9 Å². The van der Waals surface area contributed by atoms with Crippen LogP contribution in [0, 0.1) is 0 Å². The molecule has 0 aliphatic carbocycles. The van der Waals surface area contributed by atoms with Gasteiger partial charge in [0.15, 0.2) is 5.65 Å². The van der Waals surface area contributed by atoms with E-state index in [0.717, 1.165) is 27.9 Å². The molecule has 1 N–H and O–H groups in total. The number of fused-ring (bicyclic) bond motifs is 2. The van der Waals surface area contributed by atoms with E-state index >= 15 is 0 Å². The van der Waals surface area contributed by atoms with E-state index in [2.05, 4.69) is 73.3 Å². The Hall–Kier alpha value is -2.20. The lowest BCUT2D eigenvalue weighted by Crippen LogP contribution is -1.90. The van der Waals surface area contributed by atoms with Crippen LogP contribution < -0.4 is 0 Å². The van der Waals surface area contributed by atoms with Crippen molar-refractivity contribution in [1.82, 2.24) is 15.0 Å². The van der Waals surface area contributed by atoms with Gasteiger partial charge in [-0.2, -0.15) is 0 Å². The van der Waals surface area contributed by atoms with Crippen LogP contribution in [0.15, 0.2) is 59.2 Å². The van der Waals surface area contributed by atoms with Crippen molar-refractivity contribution in [1.29, 1.82) is 0 Å². The SMILES string of the molecule is Brc1cnc2nc(Cc3ccc4ccccc4c3)[nH]c2c1. The minimum Gasteiger partial charge on any atom is -0.340 e. The minimum atomic E-state index is 0.758. The molecule has 4 rings (SSSR count). The fraction of sp³-hybridized carbons (Fsp3) is 0.0588. The Balaban J connectivity index is 1.71. The summed E-state index contributed by atoms with van der Waals surface area (Å²) in [6, 6.07) is 16.9. The highest BCUT2D eigenvalue weighted by Crippen LogP contribution is 2.19. The Bertz CT molecular complexity index is 943. The first-order valence-corrected chi connectivity index (χ1v) is 7.55. The Morgan fingerprint density at radius 1 is 1.00 bits per heavy atom. The number of benzene rings is 2. The largest absolute Gasteiger partial charge is 0.340 e. The van der Waals surface area contributed by atoms with Crippen LogP contribution in [-0.2, 0) is 6.42 Å². The summed E-state index contributed by atoms with van der Waals surface area (Å²) in [7, 11) is 0. The molecule has 2 aromatic heterocycles. The quantitative estimate of drug-likeness (QED) is 0.586. The van der Waals surface area contributed by atoms with Crippen LogP contribution >= 0.6 is 15.9 Å². The first kappa shape index (κ1) is 12.5.